The molecular weight excluding hydrogens is 390 g/mol. The average molecular weight is 399 g/mol. The van der Waals surface area contributed by atoms with Crippen LogP contribution in [-0.4, -0.2) is 13.4 Å². The van der Waals surface area contributed by atoms with E-state index in [2.05, 4.69) is 20.9 Å². The Kier molecular flexibility index (Phi) is 4.08. The molecular formula is C15H9BrClNO3S. The topological polar surface area (TPSA) is 56.3 Å². The maximum atomic E-state index is 12.4. The van der Waals surface area contributed by atoms with Gasteiger partial charge in [-0.3, -0.25) is 4.98 Å². The standard InChI is InChI=1S/C15H9BrClNO3S/c16-11-6-7-14(12(17)9-11)22(19,20)21-13-5-1-3-10-4-2-8-18-15(10)13/h1-9H. The first-order valence-corrected chi connectivity index (χ1v) is 8.78. The zero-order valence-corrected chi connectivity index (χ0v) is 14.2. The molecule has 0 bridgehead atoms. The van der Waals surface area contributed by atoms with E-state index in [-0.39, 0.29) is 15.7 Å². The fourth-order valence-corrected chi connectivity index (χ4v) is 3.93. The van der Waals surface area contributed by atoms with E-state index >= 15 is 0 Å². The van der Waals surface area contributed by atoms with Gasteiger partial charge in [0.15, 0.2) is 5.75 Å². The Morgan fingerprint density at radius 1 is 1.09 bits per heavy atom. The van der Waals surface area contributed by atoms with Crippen LogP contribution in [0.3, 0.4) is 0 Å². The van der Waals surface area contributed by atoms with Crippen molar-refractivity contribution < 1.29 is 12.6 Å². The van der Waals surface area contributed by atoms with Crippen LogP contribution in [0.4, 0.5) is 0 Å². The van der Waals surface area contributed by atoms with Gasteiger partial charge in [0.2, 0.25) is 0 Å². The van der Waals surface area contributed by atoms with Crippen LogP contribution in [-0.2, 0) is 10.1 Å². The van der Waals surface area contributed by atoms with Gasteiger partial charge < -0.3 is 4.18 Å². The number of benzene rings is 2. The van der Waals surface area contributed by atoms with E-state index in [1.165, 1.54) is 12.1 Å². The number of hydrogen-bond donors (Lipinski definition) is 0. The molecule has 0 fully saturated rings. The van der Waals surface area contributed by atoms with Crippen molar-refractivity contribution in [3.63, 3.8) is 0 Å². The van der Waals surface area contributed by atoms with Gasteiger partial charge in [0.05, 0.1) is 5.02 Å². The molecule has 2 aromatic carbocycles. The Morgan fingerprint density at radius 3 is 2.64 bits per heavy atom. The minimum atomic E-state index is -4.05. The fraction of sp³-hybridized carbons (Fsp3) is 0. The van der Waals surface area contributed by atoms with E-state index in [0.717, 1.165) is 5.39 Å². The van der Waals surface area contributed by atoms with Crippen molar-refractivity contribution in [2.75, 3.05) is 0 Å². The van der Waals surface area contributed by atoms with Crippen molar-refractivity contribution in [3.05, 3.63) is 64.2 Å². The van der Waals surface area contributed by atoms with Crippen LogP contribution in [0, 0.1) is 0 Å². The van der Waals surface area contributed by atoms with E-state index in [0.29, 0.717) is 9.99 Å². The highest BCUT2D eigenvalue weighted by Crippen LogP contribution is 2.30. The quantitative estimate of drug-likeness (QED) is 0.613. The molecule has 0 saturated carbocycles. The minimum absolute atomic E-state index is 0.0857. The second-order valence-corrected chi connectivity index (χ2v) is 7.28. The van der Waals surface area contributed by atoms with Gasteiger partial charge in [-0.25, -0.2) is 0 Å². The van der Waals surface area contributed by atoms with Crippen molar-refractivity contribution in [2.45, 2.75) is 4.90 Å². The summed E-state index contributed by atoms with van der Waals surface area (Å²) in [6.45, 7) is 0. The average Bonchev–Trinajstić information content (AvgIpc) is 2.47. The third-order valence-electron chi connectivity index (χ3n) is 2.96. The Balaban J connectivity index is 2.07. The van der Waals surface area contributed by atoms with Gasteiger partial charge >= 0.3 is 10.1 Å². The smallest absolute Gasteiger partial charge is 0.340 e. The molecule has 0 saturated heterocycles. The predicted octanol–water partition coefficient (Wildman–Crippen LogP) is 4.42. The van der Waals surface area contributed by atoms with Crippen molar-refractivity contribution in [1.29, 1.82) is 0 Å². The molecule has 1 aromatic heterocycles. The summed E-state index contributed by atoms with van der Waals surface area (Å²) < 4.78 is 30.8. The molecule has 1 heterocycles. The van der Waals surface area contributed by atoms with Gasteiger partial charge in [-0.2, -0.15) is 8.42 Å². The Labute approximate surface area is 141 Å². The molecule has 0 aliphatic carbocycles. The molecule has 0 spiro atoms. The summed E-state index contributed by atoms with van der Waals surface area (Å²) in [5.41, 5.74) is 0.474. The number of aromatic nitrogens is 1. The number of para-hydroxylation sites is 1. The first-order valence-electron chi connectivity index (χ1n) is 6.21. The molecule has 0 N–H and O–H groups in total. The highest BCUT2D eigenvalue weighted by Gasteiger charge is 2.21. The van der Waals surface area contributed by atoms with Crippen molar-refractivity contribution in [1.82, 2.24) is 4.98 Å². The summed E-state index contributed by atoms with van der Waals surface area (Å²) in [7, 11) is -4.05. The Morgan fingerprint density at radius 2 is 1.86 bits per heavy atom. The molecule has 0 amide bonds. The number of hydrogen-bond acceptors (Lipinski definition) is 4. The van der Waals surface area contributed by atoms with Crippen LogP contribution in [0.15, 0.2) is 64.1 Å². The lowest BCUT2D eigenvalue weighted by Gasteiger charge is -2.10. The lowest BCUT2D eigenvalue weighted by atomic mass is 10.2. The van der Waals surface area contributed by atoms with Crippen LogP contribution < -0.4 is 4.18 Å². The second-order valence-electron chi connectivity index (χ2n) is 4.44. The normalized spacial score (nSPS) is 11.5. The largest absolute Gasteiger partial charge is 0.377 e. The van der Waals surface area contributed by atoms with Crippen molar-refractivity contribution >= 4 is 48.6 Å². The molecule has 7 heteroatoms. The predicted molar refractivity (Wildman–Crippen MR) is 88.7 cm³/mol. The maximum absolute atomic E-state index is 12.4. The monoisotopic (exact) mass is 397 g/mol. The highest BCUT2D eigenvalue weighted by atomic mass is 79.9. The summed E-state index contributed by atoms with van der Waals surface area (Å²) in [6, 6.07) is 13.2. The van der Waals surface area contributed by atoms with E-state index in [4.69, 9.17) is 15.8 Å². The fourth-order valence-electron chi connectivity index (χ4n) is 1.98. The number of rotatable bonds is 3. The zero-order chi connectivity index (χ0) is 15.7. The third kappa shape index (κ3) is 2.95. The van der Waals surface area contributed by atoms with Gasteiger partial charge in [0.25, 0.3) is 0 Å². The molecule has 4 nitrogen and oxygen atoms in total. The summed E-state index contributed by atoms with van der Waals surface area (Å²) in [5.74, 6) is 0.164. The van der Waals surface area contributed by atoms with Gasteiger partial charge in [0.1, 0.15) is 10.4 Å². The van der Waals surface area contributed by atoms with Crippen molar-refractivity contribution in [3.8, 4) is 5.75 Å². The van der Waals surface area contributed by atoms with Gasteiger partial charge in [0, 0.05) is 16.1 Å². The van der Waals surface area contributed by atoms with E-state index in [9.17, 15) is 8.42 Å². The molecule has 3 aromatic rings. The molecule has 22 heavy (non-hydrogen) atoms. The summed E-state index contributed by atoms with van der Waals surface area (Å²) in [4.78, 5) is 4.07. The number of pyridine rings is 1. The Bertz CT molecular complexity index is 955. The summed E-state index contributed by atoms with van der Waals surface area (Å²) in [5, 5.41) is 0.875. The Hall–Kier alpha value is -1.63. The summed E-state index contributed by atoms with van der Waals surface area (Å²) in [6.07, 6.45) is 1.58. The minimum Gasteiger partial charge on any atom is -0.377 e. The third-order valence-corrected chi connectivity index (χ3v) is 5.17. The molecule has 0 aliphatic rings. The first kappa shape index (κ1) is 15.3. The van der Waals surface area contributed by atoms with Gasteiger partial charge in [-0.1, -0.05) is 45.7 Å². The summed E-state index contributed by atoms with van der Waals surface area (Å²) >= 11 is 9.23. The van der Waals surface area contributed by atoms with Crippen molar-refractivity contribution in [2.24, 2.45) is 0 Å². The molecule has 0 atom stereocenters. The van der Waals surface area contributed by atoms with E-state index in [1.54, 1.807) is 30.5 Å². The van der Waals surface area contributed by atoms with E-state index in [1.807, 2.05) is 12.1 Å². The molecule has 112 valence electrons. The highest BCUT2D eigenvalue weighted by molar-refractivity contribution is 9.10. The lowest BCUT2D eigenvalue weighted by molar-refractivity contribution is 0.488. The van der Waals surface area contributed by atoms with Crippen LogP contribution >= 0.6 is 27.5 Å². The van der Waals surface area contributed by atoms with Crippen LogP contribution in [0.5, 0.6) is 5.75 Å². The molecule has 0 unspecified atom stereocenters. The second kappa shape index (κ2) is 5.87. The molecule has 0 aliphatic heterocycles. The maximum Gasteiger partial charge on any atom is 0.340 e. The van der Waals surface area contributed by atoms with Crippen LogP contribution in [0.1, 0.15) is 0 Å². The molecule has 0 radical (unpaired) electrons. The van der Waals surface area contributed by atoms with E-state index < -0.39 is 10.1 Å². The number of fused-ring (bicyclic) bond motifs is 1. The zero-order valence-electron chi connectivity index (χ0n) is 11.0. The lowest BCUT2D eigenvalue weighted by Crippen LogP contribution is -2.10. The van der Waals surface area contributed by atoms with Crippen LogP contribution in [0.25, 0.3) is 10.9 Å². The van der Waals surface area contributed by atoms with Gasteiger partial charge in [-0.15, -0.1) is 0 Å². The van der Waals surface area contributed by atoms with Crippen LogP contribution in [0.2, 0.25) is 5.02 Å². The SMILES string of the molecule is O=S(=O)(Oc1cccc2cccnc12)c1ccc(Br)cc1Cl. The molecule has 3 rings (SSSR count). The number of halogens is 2. The first-order chi connectivity index (χ1) is 10.5. The number of nitrogens with zero attached hydrogens (tertiary/aromatic N) is 1. The van der Waals surface area contributed by atoms with Gasteiger partial charge in [-0.05, 0) is 30.3 Å².